The molecule has 3 atom stereocenters. The van der Waals surface area contributed by atoms with E-state index >= 15 is 0 Å². The van der Waals surface area contributed by atoms with Gasteiger partial charge in [0.05, 0.1) is 12.0 Å². The van der Waals surface area contributed by atoms with Crippen LogP contribution in [0.25, 0.3) is 0 Å². The Morgan fingerprint density at radius 3 is 2.54 bits per heavy atom. The summed E-state index contributed by atoms with van der Waals surface area (Å²) in [7, 11) is 0. The Kier molecular flexibility index (Phi) is 6.73. The van der Waals surface area contributed by atoms with Crippen molar-refractivity contribution in [3.8, 4) is 0 Å². The zero-order chi connectivity index (χ0) is 20.3. The maximum atomic E-state index is 13.8. The molecule has 28 heavy (non-hydrogen) atoms. The van der Waals surface area contributed by atoms with E-state index in [0.29, 0.717) is 12.1 Å². The maximum Gasteiger partial charge on any atom is 0.226 e. The number of nitrogens with zero attached hydrogens (tertiary/aromatic N) is 1. The van der Waals surface area contributed by atoms with Crippen LogP contribution in [-0.4, -0.2) is 29.3 Å². The van der Waals surface area contributed by atoms with Crippen molar-refractivity contribution in [2.45, 2.75) is 77.8 Å². The highest BCUT2D eigenvalue weighted by Gasteiger charge is 2.38. The van der Waals surface area contributed by atoms with Crippen LogP contribution in [-0.2, 0) is 9.59 Å². The number of aryl methyl sites for hydroxylation is 1. The summed E-state index contributed by atoms with van der Waals surface area (Å²) in [5, 5.41) is 3.07. The lowest BCUT2D eigenvalue weighted by Crippen LogP contribution is -2.49. The van der Waals surface area contributed by atoms with Gasteiger partial charge in [-0.2, -0.15) is 0 Å². The average Bonchev–Trinajstić information content (AvgIpc) is 3.23. The lowest BCUT2D eigenvalue weighted by Gasteiger charge is -2.41. The minimum absolute atomic E-state index is 0.0484. The number of halogens is 1. The molecule has 4 nitrogen and oxygen atoms in total. The molecule has 1 N–H and O–H groups in total. The van der Waals surface area contributed by atoms with Gasteiger partial charge in [-0.1, -0.05) is 31.9 Å². The zero-order valence-electron chi connectivity index (χ0n) is 17.3. The molecule has 1 aromatic rings. The number of amides is 2. The molecule has 1 aromatic carbocycles. The van der Waals surface area contributed by atoms with Crippen molar-refractivity contribution in [2.75, 3.05) is 6.54 Å². The molecule has 1 aliphatic heterocycles. The molecule has 1 aliphatic carbocycles. The monoisotopic (exact) mass is 388 g/mol. The van der Waals surface area contributed by atoms with Crippen LogP contribution in [0.4, 0.5) is 4.39 Å². The molecule has 1 heterocycles. The Bertz CT molecular complexity index is 715. The molecular weight excluding hydrogens is 355 g/mol. The number of rotatable bonds is 5. The first kappa shape index (κ1) is 20.8. The predicted octanol–water partition coefficient (Wildman–Crippen LogP) is 4.52. The zero-order valence-corrected chi connectivity index (χ0v) is 17.3. The highest BCUT2D eigenvalue weighted by molar-refractivity contribution is 5.83. The lowest BCUT2D eigenvalue weighted by molar-refractivity contribution is -0.142. The Morgan fingerprint density at radius 1 is 1.18 bits per heavy atom. The summed E-state index contributed by atoms with van der Waals surface area (Å²) < 4.78 is 13.8. The second-order valence-electron chi connectivity index (χ2n) is 8.59. The molecule has 154 valence electrons. The fraction of sp³-hybridized carbons (Fsp3) is 0.652. The molecule has 1 saturated heterocycles. The second kappa shape index (κ2) is 9.06. The number of nitrogens with one attached hydrogen (secondary N) is 1. The van der Waals surface area contributed by atoms with E-state index in [4.69, 9.17) is 0 Å². The number of carbonyl (C=O) groups excluding carboxylic acids is 2. The van der Waals surface area contributed by atoms with Crippen LogP contribution in [0.2, 0.25) is 0 Å². The maximum absolute atomic E-state index is 13.8. The predicted molar refractivity (Wildman–Crippen MR) is 108 cm³/mol. The average molecular weight is 389 g/mol. The molecule has 3 rings (SSSR count). The number of carbonyl (C=O) groups is 2. The fourth-order valence-corrected chi connectivity index (χ4v) is 4.52. The fourth-order valence-electron chi connectivity index (χ4n) is 4.52. The Labute approximate surface area is 167 Å². The van der Waals surface area contributed by atoms with Gasteiger partial charge in [-0.05, 0) is 63.1 Å². The topological polar surface area (TPSA) is 49.4 Å². The van der Waals surface area contributed by atoms with Crippen molar-refractivity contribution in [2.24, 2.45) is 11.8 Å². The molecule has 2 aliphatic rings. The summed E-state index contributed by atoms with van der Waals surface area (Å²) in [5.41, 5.74) is 1.58. The van der Waals surface area contributed by atoms with Gasteiger partial charge in [-0.3, -0.25) is 9.59 Å². The van der Waals surface area contributed by atoms with E-state index in [1.54, 1.807) is 13.0 Å². The molecule has 5 heteroatoms. The summed E-state index contributed by atoms with van der Waals surface area (Å²) in [5.74, 6) is -0.102. The van der Waals surface area contributed by atoms with Gasteiger partial charge in [-0.25, -0.2) is 4.39 Å². The summed E-state index contributed by atoms with van der Waals surface area (Å²) in [6, 6.07) is 5.21. The minimum atomic E-state index is -0.223. The Balaban J connectivity index is 1.82. The van der Waals surface area contributed by atoms with Crippen molar-refractivity contribution < 1.29 is 14.0 Å². The molecular formula is C23H33FN2O2. The Morgan fingerprint density at radius 2 is 1.89 bits per heavy atom. The number of benzene rings is 1. The summed E-state index contributed by atoms with van der Waals surface area (Å²) in [6.45, 7) is 6.27. The van der Waals surface area contributed by atoms with E-state index in [9.17, 15) is 14.0 Å². The van der Waals surface area contributed by atoms with Gasteiger partial charge in [0.25, 0.3) is 0 Å². The van der Waals surface area contributed by atoms with E-state index in [1.165, 1.54) is 6.07 Å². The summed E-state index contributed by atoms with van der Waals surface area (Å²) in [6.07, 6.45) is 6.45. The summed E-state index contributed by atoms with van der Waals surface area (Å²) >= 11 is 0. The van der Waals surface area contributed by atoms with Crippen LogP contribution in [0.15, 0.2) is 18.2 Å². The quantitative estimate of drug-likeness (QED) is 0.806. The number of likely N-dealkylation sites (tertiary alicyclic amines) is 1. The van der Waals surface area contributed by atoms with Gasteiger partial charge in [0, 0.05) is 18.5 Å². The van der Waals surface area contributed by atoms with Crippen molar-refractivity contribution in [1.29, 1.82) is 0 Å². The molecule has 2 amide bonds. The largest absolute Gasteiger partial charge is 0.353 e. The van der Waals surface area contributed by atoms with E-state index < -0.39 is 0 Å². The van der Waals surface area contributed by atoms with Gasteiger partial charge >= 0.3 is 0 Å². The van der Waals surface area contributed by atoms with Crippen molar-refractivity contribution >= 4 is 11.8 Å². The normalized spacial score (nSPS) is 24.2. The van der Waals surface area contributed by atoms with Crippen LogP contribution < -0.4 is 5.32 Å². The lowest BCUT2D eigenvalue weighted by atomic mass is 9.86. The highest BCUT2D eigenvalue weighted by Crippen LogP contribution is 2.37. The Hall–Kier alpha value is -1.91. The molecule has 1 saturated carbocycles. The molecule has 2 fully saturated rings. The number of hydrogen-bond acceptors (Lipinski definition) is 2. The van der Waals surface area contributed by atoms with Gasteiger partial charge in [0.2, 0.25) is 11.8 Å². The van der Waals surface area contributed by atoms with Gasteiger partial charge in [0.15, 0.2) is 0 Å². The molecule has 0 spiro atoms. The van der Waals surface area contributed by atoms with Crippen LogP contribution in [0.3, 0.4) is 0 Å². The van der Waals surface area contributed by atoms with E-state index in [0.717, 1.165) is 50.5 Å². The molecule has 0 aromatic heterocycles. The van der Waals surface area contributed by atoms with Crippen LogP contribution in [0, 0.1) is 24.6 Å². The van der Waals surface area contributed by atoms with Crippen molar-refractivity contribution in [1.82, 2.24) is 10.2 Å². The first-order chi connectivity index (χ1) is 13.4. The highest BCUT2D eigenvalue weighted by atomic mass is 19.1. The first-order valence-electron chi connectivity index (χ1n) is 10.8. The molecule has 0 unspecified atom stereocenters. The van der Waals surface area contributed by atoms with Crippen LogP contribution in [0.1, 0.15) is 76.0 Å². The summed E-state index contributed by atoms with van der Waals surface area (Å²) in [4.78, 5) is 27.9. The van der Waals surface area contributed by atoms with Crippen molar-refractivity contribution in [3.05, 3.63) is 35.1 Å². The third kappa shape index (κ3) is 4.56. The molecule has 0 radical (unpaired) electrons. The number of hydrogen-bond donors (Lipinski definition) is 1. The van der Waals surface area contributed by atoms with Crippen LogP contribution >= 0.6 is 0 Å². The van der Waals surface area contributed by atoms with E-state index in [2.05, 4.69) is 12.2 Å². The van der Waals surface area contributed by atoms with Gasteiger partial charge < -0.3 is 10.2 Å². The minimum Gasteiger partial charge on any atom is -0.353 e. The standard InChI is InChI=1S/C23H33FN2O2/c1-4-16(3)25-22(27)19-10-12-21(18-9-11-20(24)15(2)13-18)26(14-19)23(28)17-7-5-6-8-17/h9,11,13,16-17,19,21H,4-8,10,12,14H2,1-3H3,(H,25,27)/t16-,19-,21-/m0/s1. The third-order valence-corrected chi connectivity index (χ3v) is 6.51. The van der Waals surface area contributed by atoms with Crippen molar-refractivity contribution in [3.63, 3.8) is 0 Å². The van der Waals surface area contributed by atoms with E-state index in [-0.39, 0.29) is 41.6 Å². The van der Waals surface area contributed by atoms with Gasteiger partial charge in [0.1, 0.15) is 5.82 Å². The van der Waals surface area contributed by atoms with Gasteiger partial charge in [-0.15, -0.1) is 0 Å². The first-order valence-corrected chi connectivity index (χ1v) is 10.8. The smallest absolute Gasteiger partial charge is 0.226 e. The van der Waals surface area contributed by atoms with Crippen LogP contribution in [0.5, 0.6) is 0 Å². The molecule has 0 bridgehead atoms. The third-order valence-electron chi connectivity index (χ3n) is 6.51. The second-order valence-corrected chi connectivity index (χ2v) is 8.59. The SMILES string of the molecule is CC[C@H](C)NC(=O)[C@H]1CC[C@@H](c2ccc(F)c(C)c2)N(C(=O)C2CCCC2)C1. The number of piperidine rings is 1. The van der Waals surface area contributed by atoms with E-state index in [1.807, 2.05) is 17.9 Å².